The summed E-state index contributed by atoms with van der Waals surface area (Å²) in [6.07, 6.45) is 0.651. The molecule has 14 heavy (non-hydrogen) atoms. The fraction of sp³-hybridized carbons (Fsp3) is 0.300. The maximum Gasteiger partial charge on any atom is 0.196 e. The second-order valence-corrected chi connectivity index (χ2v) is 2.95. The molecule has 74 valence electrons. The number of aromatic nitrogens is 1. The molecule has 1 aromatic carbocycles. The maximum absolute atomic E-state index is 5.51. The topological polar surface area (TPSA) is 61.3 Å². The summed E-state index contributed by atoms with van der Waals surface area (Å²) in [6.45, 7) is 0.537. The summed E-state index contributed by atoms with van der Waals surface area (Å²) in [5.41, 5.74) is 6.93. The third kappa shape index (κ3) is 1.44. The Bertz CT molecular complexity index is 437. The highest BCUT2D eigenvalue weighted by Crippen LogP contribution is 2.25. The fourth-order valence-electron chi connectivity index (χ4n) is 1.36. The van der Waals surface area contributed by atoms with Crippen molar-refractivity contribution in [3.63, 3.8) is 0 Å². The van der Waals surface area contributed by atoms with Gasteiger partial charge in [-0.1, -0.05) is 6.07 Å². The highest BCUT2D eigenvalue weighted by Gasteiger charge is 2.08. The zero-order chi connectivity index (χ0) is 9.97. The van der Waals surface area contributed by atoms with Gasteiger partial charge >= 0.3 is 0 Å². The Morgan fingerprint density at radius 1 is 1.50 bits per heavy atom. The molecule has 0 fully saturated rings. The second kappa shape index (κ2) is 3.67. The monoisotopic (exact) mass is 192 g/mol. The predicted octanol–water partition coefficient (Wildman–Crippen LogP) is 1.34. The van der Waals surface area contributed by atoms with Gasteiger partial charge in [-0.3, -0.25) is 0 Å². The van der Waals surface area contributed by atoms with E-state index in [0.29, 0.717) is 30.2 Å². The number of benzene rings is 1. The first-order valence-corrected chi connectivity index (χ1v) is 4.47. The molecule has 0 aliphatic rings. The van der Waals surface area contributed by atoms with E-state index in [2.05, 4.69) is 4.98 Å². The number of nitrogens with zero attached hydrogens (tertiary/aromatic N) is 1. The van der Waals surface area contributed by atoms with E-state index < -0.39 is 0 Å². The second-order valence-electron chi connectivity index (χ2n) is 2.95. The van der Waals surface area contributed by atoms with E-state index >= 15 is 0 Å². The van der Waals surface area contributed by atoms with Crippen molar-refractivity contribution >= 4 is 11.1 Å². The zero-order valence-electron chi connectivity index (χ0n) is 7.99. The summed E-state index contributed by atoms with van der Waals surface area (Å²) in [4.78, 5) is 4.28. The smallest absolute Gasteiger partial charge is 0.196 e. The third-order valence-electron chi connectivity index (χ3n) is 2.00. The SMILES string of the molecule is COc1cccc2nc(CCN)oc12. The summed E-state index contributed by atoms with van der Waals surface area (Å²) < 4.78 is 10.7. The van der Waals surface area contributed by atoms with Crippen LogP contribution in [0.5, 0.6) is 5.75 Å². The van der Waals surface area contributed by atoms with Crippen LogP contribution in [0.1, 0.15) is 5.89 Å². The first-order chi connectivity index (χ1) is 6.85. The lowest BCUT2D eigenvalue weighted by atomic mass is 10.3. The van der Waals surface area contributed by atoms with Crippen LogP contribution in [0, 0.1) is 0 Å². The van der Waals surface area contributed by atoms with Gasteiger partial charge in [-0.25, -0.2) is 4.98 Å². The number of hydrogen-bond acceptors (Lipinski definition) is 4. The van der Waals surface area contributed by atoms with Gasteiger partial charge in [-0.15, -0.1) is 0 Å². The van der Waals surface area contributed by atoms with E-state index in [1.807, 2.05) is 18.2 Å². The quantitative estimate of drug-likeness (QED) is 0.797. The van der Waals surface area contributed by atoms with E-state index in [4.69, 9.17) is 14.9 Å². The van der Waals surface area contributed by atoms with Crippen molar-refractivity contribution in [3.8, 4) is 5.75 Å². The minimum Gasteiger partial charge on any atom is -0.493 e. The molecule has 0 aliphatic carbocycles. The van der Waals surface area contributed by atoms with Gasteiger partial charge in [0, 0.05) is 13.0 Å². The van der Waals surface area contributed by atoms with Crippen LogP contribution in [0.25, 0.3) is 11.1 Å². The molecule has 0 saturated heterocycles. The Morgan fingerprint density at radius 3 is 3.07 bits per heavy atom. The van der Waals surface area contributed by atoms with Gasteiger partial charge in [0.25, 0.3) is 0 Å². The molecule has 0 atom stereocenters. The minimum absolute atomic E-state index is 0.537. The molecule has 1 heterocycles. The number of para-hydroxylation sites is 1. The number of hydrogen-bond donors (Lipinski definition) is 1. The lowest BCUT2D eigenvalue weighted by Gasteiger charge is -1.97. The van der Waals surface area contributed by atoms with E-state index in [1.54, 1.807) is 7.11 Å². The van der Waals surface area contributed by atoms with Crippen LogP contribution >= 0.6 is 0 Å². The van der Waals surface area contributed by atoms with Crippen molar-refractivity contribution in [3.05, 3.63) is 24.1 Å². The Kier molecular flexibility index (Phi) is 2.37. The molecule has 0 unspecified atom stereocenters. The van der Waals surface area contributed by atoms with Crippen molar-refractivity contribution in [2.75, 3.05) is 13.7 Å². The van der Waals surface area contributed by atoms with Crippen molar-refractivity contribution in [2.24, 2.45) is 5.73 Å². The van der Waals surface area contributed by atoms with Gasteiger partial charge in [0.05, 0.1) is 7.11 Å². The van der Waals surface area contributed by atoms with Crippen LogP contribution in [-0.2, 0) is 6.42 Å². The molecular weight excluding hydrogens is 180 g/mol. The molecule has 0 amide bonds. The lowest BCUT2D eigenvalue weighted by Crippen LogP contribution is -2.02. The Balaban J connectivity index is 2.52. The van der Waals surface area contributed by atoms with Crippen molar-refractivity contribution < 1.29 is 9.15 Å². The number of fused-ring (bicyclic) bond motifs is 1. The van der Waals surface area contributed by atoms with Gasteiger partial charge in [0.2, 0.25) is 0 Å². The van der Waals surface area contributed by atoms with E-state index in [0.717, 1.165) is 5.52 Å². The number of nitrogens with two attached hydrogens (primary N) is 1. The van der Waals surface area contributed by atoms with Crippen LogP contribution < -0.4 is 10.5 Å². The first kappa shape index (κ1) is 9.02. The summed E-state index contributed by atoms with van der Waals surface area (Å²) in [5.74, 6) is 1.37. The van der Waals surface area contributed by atoms with E-state index in [-0.39, 0.29) is 0 Å². The minimum atomic E-state index is 0.537. The first-order valence-electron chi connectivity index (χ1n) is 4.47. The molecule has 0 aliphatic heterocycles. The van der Waals surface area contributed by atoms with Gasteiger partial charge in [0.15, 0.2) is 17.2 Å². The summed E-state index contributed by atoms with van der Waals surface area (Å²) >= 11 is 0. The van der Waals surface area contributed by atoms with Crippen molar-refractivity contribution in [1.82, 2.24) is 4.98 Å². The standard InChI is InChI=1S/C10H12N2O2/c1-13-8-4-2-3-7-10(8)14-9(12-7)5-6-11/h2-4H,5-6,11H2,1H3. The normalized spacial score (nSPS) is 10.7. The highest BCUT2D eigenvalue weighted by atomic mass is 16.5. The number of methoxy groups -OCH3 is 1. The van der Waals surface area contributed by atoms with Crippen LogP contribution in [0.4, 0.5) is 0 Å². The predicted molar refractivity (Wildman–Crippen MR) is 53.3 cm³/mol. The highest BCUT2D eigenvalue weighted by molar-refractivity contribution is 5.79. The Morgan fingerprint density at radius 2 is 2.36 bits per heavy atom. The lowest BCUT2D eigenvalue weighted by molar-refractivity contribution is 0.407. The molecule has 2 N–H and O–H groups in total. The average Bonchev–Trinajstić information content (AvgIpc) is 2.60. The van der Waals surface area contributed by atoms with Crippen LogP contribution in [-0.4, -0.2) is 18.6 Å². The van der Waals surface area contributed by atoms with E-state index in [9.17, 15) is 0 Å². The average molecular weight is 192 g/mol. The van der Waals surface area contributed by atoms with Gasteiger partial charge in [-0.05, 0) is 12.1 Å². The molecule has 4 heteroatoms. The van der Waals surface area contributed by atoms with Crippen molar-refractivity contribution in [1.29, 1.82) is 0 Å². The number of rotatable bonds is 3. The molecular formula is C10H12N2O2. The third-order valence-corrected chi connectivity index (χ3v) is 2.00. The molecule has 0 saturated carbocycles. The molecule has 1 aromatic heterocycles. The van der Waals surface area contributed by atoms with Gasteiger partial charge in [0.1, 0.15) is 5.52 Å². The molecule has 0 bridgehead atoms. The summed E-state index contributed by atoms with van der Waals surface area (Å²) in [6, 6.07) is 5.62. The molecule has 4 nitrogen and oxygen atoms in total. The van der Waals surface area contributed by atoms with E-state index in [1.165, 1.54) is 0 Å². The van der Waals surface area contributed by atoms with Gasteiger partial charge in [-0.2, -0.15) is 0 Å². The Hall–Kier alpha value is -1.55. The number of oxazole rings is 1. The summed E-state index contributed by atoms with van der Waals surface area (Å²) in [5, 5.41) is 0. The maximum atomic E-state index is 5.51. The van der Waals surface area contributed by atoms with Crippen LogP contribution in [0.15, 0.2) is 22.6 Å². The summed E-state index contributed by atoms with van der Waals surface area (Å²) in [7, 11) is 1.61. The Labute approximate surface area is 81.7 Å². The van der Waals surface area contributed by atoms with Crippen LogP contribution in [0.2, 0.25) is 0 Å². The van der Waals surface area contributed by atoms with Crippen molar-refractivity contribution in [2.45, 2.75) is 6.42 Å². The largest absolute Gasteiger partial charge is 0.493 e. The molecule has 2 rings (SSSR count). The molecule has 0 spiro atoms. The fourth-order valence-corrected chi connectivity index (χ4v) is 1.36. The number of ether oxygens (including phenoxy) is 1. The van der Waals surface area contributed by atoms with Crippen LogP contribution in [0.3, 0.4) is 0 Å². The molecule has 2 aromatic rings. The zero-order valence-corrected chi connectivity index (χ0v) is 7.99. The van der Waals surface area contributed by atoms with Gasteiger partial charge < -0.3 is 14.9 Å². The molecule has 0 radical (unpaired) electrons.